The van der Waals surface area contributed by atoms with E-state index in [1.54, 1.807) is 37.5 Å². The van der Waals surface area contributed by atoms with Crippen molar-refractivity contribution < 1.29 is 23.4 Å². The summed E-state index contributed by atoms with van der Waals surface area (Å²) in [5.74, 6) is -0.715. The van der Waals surface area contributed by atoms with Crippen molar-refractivity contribution in [3.63, 3.8) is 0 Å². The van der Waals surface area contributed by atoms with E-state index in [4.69, 9.17) is 37.4 Å². The number of likely N-dealkylation sites (tertiary alicyclic amines) is 1. The molecule has 0 aliphatic carbocycles. The molecule has 2 aromatic heterocycles. The van der Waals surface area contributed by atoms with Crippen molar-refractivity contribution in [3.8, 4) is 16.5 Å². The van der Waals surface area contributed by atoms with Gasteiger partial charge in [0.1, 0.15) is 29.3 Å². The second kappa shape index (κ2) is 11.1. The van der Waals surface area contributed by atoms with Crippen molar-refractivity contribution >= 4 is 51.5 Å². The summed E-state index contributed by atoms with van der Waals surface area (Å²) in [5, 5.41) is 1.44. The fourth-order valence-corrected chi connectivity index (χ4v) is 5.97. The van der Waals surface area contributed by atoms with Crippen molar-refractivity contribution in [1.29, 1.82) is 0 Å². The number of nitrogens with zero attached hydrogens (tertiary/aromatic N) is 3. The first kappa shape index (κ1) is 26.7. The van der Waals surface area contributed by atoms with Crippen LogP contribution in [0.4, 0.5) is 4.39 Å². The van der Waals surface area contributed by atoms with E-state index in [0.29, 0.717) is 21.3 Å². The van der Waals surface area contributed by atoms with Crippen LogP contribution < -0.4 is 9.47 Å². The third kappa shape index (κ3) is 5.33. The lowest BCUT2D eigenvalue weighted by molar-refractivity contribution is 0.0600. The van der Waals surface area contributed by atoms with Crippen LogP contribution in [0, 0.1) is 5.82 Å². The molecular weight excluding hydrogens is 552 g/mol. The Morgan fingerprint density at radius 1 is 1.18 bits per heavy atom. The number of piperidine rings is 1. The van der Waals surface area contributed by atoms with Gasteiger partial charge in [-0.25, -0.2) is 14.2 Å². The van der Waals surface area contributed by atoms with Gasteiger partial charge >= 0.3 is 5.97 Å². The Balaban J connectivity index is 1.44. The highest BCUT2D eigenvalue weighted by Gasteiger charge is 2.26. The van der Waals surface area contributed by atoms with Gasteiger partial charge < -0.3 is 19.1 Å². The first-order valence-corrected chi connectivity index (χ1v) is 13.7. The molecule has 200 valence electrons. The summed E-state index contributed by atoms with van der Waals surface area (Å²) in [4.78, 5) is 19.5. The van der Waals surface area contributed by atoms with Gasteiger partial charge in [0.2, 0.25) is 0 Å². The van der Waals surface area contributed by atoms with Gasteiger partial charge in [-0.15, -0.1) is 11.3 Å². The fraction of sp³-hybridized carbons (Fsp3) is 0.333. The molecule has 1 fully saturated rings. The van der Waals surface area contributed by atoms with Crippen LogP contribution in [0.1, 0.15) is 41.1 Å². The highest BCUT2D eigenvalue weighted by Crippen LogP contribution is 2.40. The van der Waals surface area contributed by atoms with Crippen LogP contribution in [0.25, 0.3) is 16.0 Å². The number of rotatable bonds is 7. The molecule has 0 N–H and O–H groups in total. The van der Waals surface area contributed by atoms with Gasteiger partial charge in [-0.3, -0.25) is 4.57 Å². The van der Waals surface area contributed by atoms with Crippen molar-refractivity contribution in [2.75, 3.05) is 27.2 Å². The van der Waals surface area contributed by atoms with E-state index in [1.165, 1.54) is 24.5 Å². The number of halogens is 3. The number of thiophene rings is 1. The minimum absolute atomic E-state index is 0.0249. The van der Waals surface area contributed by atoms with E-state index in [0.717, 1.165) is 37.0 Å². The maximum Gasteiger partial charge on any atom is 0.351 e. The van der Waals surface area contributed by atoms with Gasteiger partial charge in [0, 0.05) is 29.7 Å². The predicted molar refractivity (Wildman–Crippen MR) is 147 cm³/mol. The Morgan fingerprint density at radius 2 is 1.95 bits per heavy atom. The van der Waals surface area contributed by atoms with E-state index in [9.17, 15) is 9.18 Å². The molecule has 7 nitrogen and oxygen atoms in total. The molecule has 0 bridgehead atoms. The van der Waals surface area contributed by atoms with Crippen molar-refractivity contribution in [2.24, 2.45) is 0 Å². The number of methoxy groups -OCH3 is 1. The lowest BCUT2D eigenvalue weighted by atomic mass is 10.1. The van der Waals surface area contributed by atoms with Crippen LogP contribution in [0.5, 0.6) is 11.5 Å². The van der Waals surface area contributed by atoms with E-state index in [1.807, 2.05) is 17.7 Å². The SMILES string of the molecule is COC(=O)c1sc(-n2cnc3cc(Cl)ccc32)cc1OC(C)c1ccc(F)c(OC2CCN(C)CC2)c1Cl. The zero-order chi connectivity index (χ0) is 27.0. The van der Waals surface area contributed by atoms with Gasteiger partial charge in [0.15, 0.2) is 16.4 Å². The van der Waals surface area contributed by atoms with Crippen LogP contribution in [0.2, 0.25) is 10.0 Å². The van der Waals surface area contributed by atoms with Gasteiger partial charge in [0.25, 0.3) is 0 Å². The number of hydrogen-bond donors (Lipinski definition) is 0. The number of benzene rings is 2. The van der Waals surface area contributed by atoms with Gasteiger partial charge in [-0.05, 0) is 51.1 Å². The number of carbonyl (C=O) groups excluding carboxylic acids is 1. The number of hydrogen-bond acceptors (Lipinski definition) is 7. The molecule has 4 aromatic rings. The smallest absolute Gasteiger partial charge is 0.351 e. The molecule has 0 amide bonds. The zero-order valence-electron chi connectivity index (χ0n) is 21.0. The molecule has 0 saturated carbocycles. The van der Waals surface area contributed by atoms with Gasteiger partial charge in [-0.2, -0.15) is 0 Å². The van der Waals surface area contributed by atoms with Crippen LogP contribution in [0.15, 0.2) is 42.7 Å². The Hall–Kier alpha value is -2.85. The summed E-state index contributed by atoms with van der Waals surface area (Å²) in [6.07, 6.45) is 2.50. The third-order valence-corrected chi connectivity index (χ3v) is 8.29. The van der Waals surface area contributed by atoms with E-state index < -0.39 is 17.9 Å². The summed E-state index contributed by atoms with van der Waals surface area (Å²) < 4.78 is 33.8. The summed E-state index contributed by atoms with van der Waals surface area (Å²) in [6.45, 7) is 3.53. The maximum atomic E-state index is 14.7. The molecule has 1 atom stereocenters. The fourth-order valence-electron chi connectivity index (χ4n) is 4.46. The number of esters is 1. The standard InChI is InChI=1S/C27H26Cl2FN3O4S/c1-15(18-5-6-19(30)25(24(18)29)37-17-8-10-32(2)11-9-17)36-22-13-23(38-26(22)27(34)35-3)33-14-31-20-12-16(28)4-7-21(20)33/h4-7,12-15,17H,8-11H2,1-3H3. The van der Waals surface area contributed by atoms with Crippen LogP contribution in [-0.4, -0.2) is 53.8 Å². The largest absolute Gasteiger partial charge is 0.486 e. The molecule has 0 radical (unpaired) electrons. The summed E-state index contributed by atoms with van der Waals surface area (Å²) in [7, 11) is 3.36. The molecule has 1 aliphatic heterocycles. The molecule has 1 aliphatic rings. The Labute approximate surface area is 233 Å². The predicted octanol–water partition coefficient (Wildman–Crippen LogP) is 6.93. The molecule has 5 rings (SSSR count). The maximum absolute atomic E-state index is 14.7. The summed E-state index contributed by atoms with van der Waals surface area (Å²) >= 11 is 14.0. The topological polar surface area (TPSA) is 65.8 Å². The number of fused-ring (bicyclic) bond motifs is 1. The second-order valence-electron chi connectivity index (χ2n) is 9.18. The van der Waals surface area contributed by atoms with E-state index in [-0.39, 0.29) is 21.8 Å². The monoisotopic (exact) mass is 577 g/mol. The molecular formula is C27H26Cl2FN3O4S. The minimum Gasteiger partial charge on any atom is -0.486 e. The molecule has 1 saturated heterocycles. The minimum atomic E-state index is -0.618. The Kier molecular flexibility index (Phi) is 7.81. The first-order chi connectivity index (χ1) is 18.2. The number of carbonyl (C=O) groups is 1. The van der Waals surface area contributed by atoms with Crippen LogP contribution >= 0.6 is 34.5 Å². The second-order valence-corrected chi connectivity index (χ2v) is 11.0. The lowest BCUT2D eigenvalue weighted by Crippen LogP contribution is -2.35. The van der Waals surface area contributed by atoms with Gasteiger partial charge in [0.05, 0.1) is 23.2 Å². The van der Waals surface area contributed by atoms with Crippen LogP contribution in [-0.2, 0) is 4.74 Å². The van der Waals surface area contributed by atoms with E-state index in [2.05, 4.69) is 9.88 Å². The highest BCUT2D eigenvalue weighted by molar-refractivity contribution is 7.16. The van der Waals surface area contributed by atoms with Crippen molar-refractivity contribution in [2.45, 2.75) is 32.0 Å². The quantitative estimate of drug-likeness (QED) is 0.222. The van der Waals surface area contributed by atoms with Gasteiger partial charge in [-0.1, -0.05) is 29.3 Å². The molecule has 2 aromatic carbocycles. The third-order valence-electron chi connectivity index (χ3n) is 6.57. The average Bonchev–Trinajstić information content (AvgIpc) is 3.50. The summed E-state index contributed by atoms with van der Waals surface area (Å²) in [6, 6.07) is 10.0. The Bertz CT molecular complexity index is 1480. The molecule has 3 heterocycles. The lowest BCUT2D eigenvalue weighted by Gasteiger charge is -2.30. The highest BCUT2D eigenvalue weighted by atomic mass is 35.5. The Morgan fingerprint density at radius 3 is 2.68 bits per heavy atom. The van der Waals surface area contributed by atoms with Crippen molar-refractivity contribution in [1.82, 2.24) is 14.5 Å². The van der Waals surface area contributed by atoms with Crippen LogP contribution in [0.3, 0.4) is 0 Å². The van der Waals surface area contributed by atoms with Crippen molar-refractivity contribution in [3.05, 3.63) is 69.0 Å². The molecule has 38 heavy (non-hydrogen) atoms. The number of ether oxygens (including phenoxy) is 3. The first-order valence-electron chi connectivity index (χ1n) is 12.1. The molecule has 0 spiro atoms. The number of imidazole rings is 1. The summed E-state index contributed by atoms with van der Waals surface area (Å²) in [5.41, 5.74) is 2.09. The normalized spacial score (nSPS) is 15.5. The molecule has 11 heteroatoms. The average molecular weight is 578 g/mol. The zero-order valence-corrected chi connectivity index (χ0v) is 23.4. The van der Waals surface area contributed by atoms with E-state index >= 15 is 0 Å². The molecule has 1 unspecified atom stereocenters. The number of aromatic nitrogens is 2.